The van der Waals surface area contributed by atoms with Gasteiger partial charge in [-0.3, -0.25) is 0 Å². The summed E-state index contributed by atoms with van der Waals surface area (Å²) in [6, 6.07) is 0. The summed E-state index contributed by atoms with van der Waals surface area (Å²) in [4.78, 5) is 10.7. The smallest absolute Gasteiger partial charge is 0.342 e. The minimum Gasteiger partial charge on any atom is -0.506 e. The minimum atomic E-state index is -0.501. The van der Waals surface area contributed by atoms with Crippen molar-refractivity contribution < 1.29 is 14.6 Å². The number of hydrogen-bond acceptors (Lipinski definition) is 4. The maximum Gasteiger partial charge on any atom is 0.342 e. The first-order chi connectivity index (χ1) is 4.75. The number of thiophene rings is 1. The van der Waals surface area contributed by atoms with Gasteiger partial charge < -0.3 is 9.84 Å². The summed E-state index contributed by atoms with van der Waals surface area (Å²) in [5.74, 6) is -0.518. The van der Waals surface area contributed by atoms with Gasteiger partial charge in [-0.15, -0.1) is 11.3 Å². The number of esters is 1. The number of ether oxygens (including phenoxy) is 1. The van der Waals surface area contributed by atoms with Crippen molar-refractivity contribution in [1.29, 1.82) is 0 Å². The van der Waals surface area contributed by atoms with Crippen LogP contribution in [0.3, 0.4) is 0 Å². The SMILES string of the molecule is COC(=O)c1cscc1O. The van der Waals surface area contributed by atoms with Gasteiger partial charge in [-0.2, -0.15) is 0 Å². The first-order valence-corrected chi connectivity index (χ1v) is 3.53. The highest BCUT2D eigenvalue weighted by Crippen LogP contribution is 2.21. The molecule has 1 aromatic heterocycles. The second-order valence-electron chi connectivity index (χ2n) is 1.66. The Bertz CT molecular complexity index is 241. The Morgan fingerprint density at radius 1 is 1.70 bits per heavy atom. The largest absolute Gasteiger partial charge is 0.506 e. The van der Waals surface area contributed by atoms with E-state index in [2.05, 4.69) is 4.74 Å². The van der Waals surface area contributed by atoms with Crippen LogP contribution >= 0.6 is 11.3 Å². The van der Waals surface area contributed by atoms with Crippen LogP contribution in [0.15, 0.2) is 10.8 Å². The van der Waals surface area contributed by atoms with E-state index >= 15 is 0 Å². The van der Waals surface area contributed by atoms with E-state index in [1.165, 1.54) is 23.8 Å². The van der Waals surface area contributed by atoms with Crippen LogP contribution in [0.2, 0.25) is 0 Å². The van der Waals surface area contributed by atoms with Gasteiger partial charge in [0.05, 0.1) is 7.11 Å². The van der Waals surface area contributed by atoms with Gasteiger partial charge in [-0.1, -0.05) is 0 Å². The predicted molar refractivity (Wildman–Crippen MR) is 37.3 cm³/mol. The molecule has 0 radical (unpaired) electrons. The van der Waals surface area contributed by atoms with Crippen LogP contribution in [0.1, 0.15) is 10.4 Å². The molecule has 1 aromatic rings. The van der Waals surface area contributed by atoms with Crippen LogP contribution in [0, 0.1) is 0 Å². The third kappa shape index (κ3) is 1.11. The molecule has 0 spiro atoms. The summed E-state index contributed by atoms with van der Waals surface area (Å²) in [6.07, 6.45) is 0. The van der Waals surface area contributed by atoms with Gasteiger partial charge in [0.2, 0.25) is 0 Å². The summed E-state index contributed by atoms with van der Waals surface area (Å²) in [5, 5.41) is 12.0. The van der Waals surface area contributed by atoms with Crippen LogP contribution in [0.25, 0.3) is 0 Å². The molecule has 0 aliphatic carbocycles. The number of carbonyl (C=O) groups is 1. The van der Waals surface area contributed by atoms with Crippen molar-refractivity contribution in [2.75, 3.05) is 7.11 Å². The number of rotatable bonds is 1. The lowest BCUT2D eigenvalue weighted by Gasteiger charge is -1.93. The number of carbonyl (C=O) groups excluding carboxylic acids is 1. The summed E-state index contributed by atoms with van der Waals surface area (Å²) in [5.41, 5.74) is 0.229. The van der Waals surface area contributed by atoms with Gasteiger partial charge in [0, 0.05) is 10.8 Å². The lowest BCUT2D eigenvalue weighted by Crippen LogP contribution is -1.98. The zero-order chi connectivity index (χ0) is 7.56. The van der Waals surface area contributed by atoms with Gasteiger partial charge in [-0.25, -0.2) is 4.79 Å². The average molecular weight is 158 g/mol. The molecule has 0 amide bonds. The van der Waals surface area contributed by atoms with Crippen LogP contribution < -0.4 is 0 Å². The molecule has 10 heavy (non-hydrogen) atoms. The molecule has 0 saturated heterocycles. The van der Waals surface area contributed by atoms with E-state index in [4.69, 9.17) is 5.11 Å². The minimum absolute atomic E-state index is 0.0168. The lowest BCUT2D eigenvalue weighted by atomic mass is 10.3. The monoisotopic (exact) mass is 158 g/mol. The molecule has 0 aliphatic rings. The van der Waals surface area contributed by atoms with Gasteiger partial charge in [0.25, 0.3) is 0 Å². The van der Waals surface area contributed by atoms with Crippen molar-refractivity contribution in [3.63, 3.8) is 0 Å². The lowest BCUT2D eigenvalue weighted by molar-refractivity contribution is 0.0598. The van der Waals surface area contributed by atoms with E-state index in [0.717, 1.165) is 0 Å². The van der Waals surface area contributed by atoms with E-state index < -0.39 is 5.97 Å². The Morgan fingerprint density at radius 2 is 2.40 bits per heavy atom. The number of hydrogen-bond donors (Lipinski definition) is 1. The Kier molecular flexibility index (Phi) is 1.91. The van der Waals surface area contributed by atoms with Crippen molar-refractivity contribution in [2.45, 2.75) is 0 Å². The molecule has 0 bridgehead atoms. The third-order valence-electron chi connectivity index (χ3n) is 1.05. The number of aromatic hydroxyl groups is 1. The summed E-state index contributed by atoms with van der Waals surface area (Å²) < 4.78 is 4.38. The summed E-state index contributed by atoms with van der Waals surface area (Å²) in [7, 11) is 1.28. The topological polar surface area (TPSA) is 46.5 Å². The van der Waals surface area contributed by atoms with E-state index in [1.54, 1.807) is 5.38 Å². The van der Waals surface area contributed by atoms with Gasteiger partial charge in [-0.05, 0) is 0 Å². The molecule has 0 saturated carbocycles. The molecule has 1 N–H and O–H groups in total. The molecule has 0 aliphatic heterocycles. The Labute approximate surface area is 61.9 Å². The maximum absolute atomic E-state index is 10.7. The third-order valence-corrected chi connectivity index (χ3v) is 1.78. The molecule has 0 aromatic carbocycles. The molecule has 1 heterocycles. The molecule has 1 rings (SSSR count). The molecule has 3 nitrogen and oxygen atoms in total. The molecule has 54 valence electrons. The van der Waals surface area contributed by atoms with E-state index in [9.17, 15) is 4.79 Å². The fraction of sp³-hybridized carbons (Fsp3) is 0.167. The van der Waals surface area contributed by atoms with Gasteiger partial charge in [0.15, 0.2) is 0 Å². The fourth-order valence-corrected chi connectivity index (χ4v) is 1.23. The van der Waals surface area contributed by atoms with Crippen molar-refractivity contribution >= 4 is 17.3 Å². The quantitative estimate of drug-likeness (QED) is 0.625. The van der Waals surface area contributed by atoms with Crippen LogP contribution in [0.5, 0.6) is 5.75 Å². The van der Waals surface area contributed by atoms with Gasteiger partial charge in [0.1, 0.15) is 11.3 Å². The molecule has 4 heteroatoms. The molecule has 0 unspecified atom stereocenters. The van der Waals surface area contributed by atoms with Gasteiger partial charge >= 0.3 is 5.97 Å². The summed E-state index contributed by atoms with van der Waals surface area (Å²) >= 11 is 1.26. The zero-order valence-electron chi connectivity index (χ0n) is 5.33. The van der Waals surface area contributed by atoms with Crippen LogP contribution in [0.4, 0.5) is 0 Å². The summed E-state index contributed by atoms with van der Waals surface area (Å²) in [6.45, 7) is 0. The Morgan fingerprint density at radius 3 is 2.80 bits per heavy atom. The van der Waals surface area contributed by atoms with Crippen molar-refractivity contribution in [3.8, 4) is 5.75 Å². The number of methoxy groups -OCH3 is 1. The highest BCUT2D eigenvalue weighted by atomic mass is 32.1. The van der Waals surface area contributed by atoms with E-state index in [-0.39, 0.29) is 11.3 Å². The Hall–Kier alpha value is -1.03. The van der Waals surface area contributed by atoms with Crippen LogP contribution in [-0.4, -0.2) is 18.2 Å². The van der Waals surface area contributed by atoms with E-state index in [0.29, 0.717) is 0 Å². The second-order valence-corrected chi connectivity index (χ2v) is 2.41. The molecule has 0 fully saturated rings. The molecular formula is C6H6O3S. The average Bonchev–Trinajstić information content (AvgIpc) is 2.34. The standard InChI is InChI=1S/C6H6O3S/c1-9-6(8)4-2-10-3-5(4)7/h2-3,7H,1H3. The molecular weight excluding hydrogens is 152 g/mol. The highest BCUT2D eigenvalue weighted by molar-refractivity contribution is 7.08. The first-order valence-electron chi connectivity index (χ1n) is 2.59. The maximum atomic E-state index is 10.7. The van der Waals surface area contributed by atoms with Crippen molar-refractivity contribution in [1.82, 2.24) is 0 Å². The highest BCUT2D eigenvalue weighted by Gasteiger charge is 2.10. The Balaban J connectivity index is 2.93. The fourth-order valence-electron chi connectivity index (χ4n) is 0.553. The second kappa shape index (κ2) is 2.70. The predicted octanol–water partition coefficient (Wildman–Crippen LogP) is 1.24. The van der Waals surface area contributed by atoms with Crippen molar-refractivity contribution in [2.24, 2.45) is 0 Å². The van der Waals surface area contributed by atoms with Crippen LogP contribution in [-0.2, 0) is 4.74 Å². The normalized spacial score (nSPS) is 9.30. The zero-order valence-corrected chi connectivity index (χ0v) is 6.14. The van der Waals surface area contributed by atoms with E-state index in [1.807, 2.05) is 0 Å². The molecule has 0 atom stereocenters. The van der Waals surface area contributed by atoms with Crippen molar-refractivity contribution in [3.05, 3.63) is 16.3 Å². The first kappa shape index (κ1) is 7.08.